The quantitative estimate of drug-likeness (QED) is 0.478. The second-order valence-electron chi connectivity index (χ2n) is 2.32. The zero-order valence-electron chi connectivity index (χ0n) is 5.87. The first-order chi connectivity index (χ1) is 5.40. The van der Waals surface area contributed by atoms with E-state index in [1.807, 2.05) is 24.3 Å². The van der Waals surface area contributed by atoms with Gasteiger partial charge in [0, 0.05) is 11.5 Å². The number of benzene rings is 1. The monoisotopic (exact) mass is 148 g/mol. The van der Waals surface area contributed by atoms with Gasteiger partial charge >= 0.3 is 0 Å². The van der Waals surface area contributed by atoms with Gasteiger partial charge in [-0.05, 0) is 18.2 Å². The van der Waals surface area contributed by atoms with E-state index in [1.54, 1.807) is 6.26 Å². The molecule has 1 aromatic heterocycles. The first kappa shape index (κ1) is 6.24. The van der Waals surface area contributed by atoms with Crippen molar-refractivity contribution in [3.05, 3.63) is 30.5 Å². The Hall–Kier alpha value is -1.48. The third-order valence-corrected chi connectivity index (χ3v) is 1.62. The molecule has 0 aliphatic heterocycles. The number of hydrogen-bond acceptors (Lipinski definition) is 3. The second-order valence-corrected chi connectivity index (χ2v) is 2.32. The molecule has 0 radical (unpaired) electrons. The van der Waals surface area contributed by atoms with Gasteiger partial charge in [0.2, 0.25) is 0 Å². The molecule has 1 heterocycles. The maximum Gasteiger partial charge on any atom is 0.135 e. The number of nitrogens with one attached hydrogen (secondary N) is 1. The predicted octanol–water partition coefficient (Wildman–Crippen LogP) is 1.72. The molecule has 0 unspecified atom stereocenters. The molecule has 0 fully saturated rings. The third kappa shape index (κ3) is 0.951. The SMILES string of the molecule is NNc1ccc2ccoc2c1. The lowest BCUT2D eigenvalue weighted by atomic mass is 10.2. The van der Waals surface area contributed by atoms with Crippen molar-refractivity contribution in [1.82, 2.24) is 0 Å². The topological polar surface area (TPSA) is 51.2 Å². The summed E-state index contributed by atoms with van der Waals surface area (Å²) in [6.07, 6.45) is 1.66. The molecular weight excluding hydrogens is 140 g/mol. The molecular formula is C8H8N2O. The van der Waals surface area contributed by atoms with Crippen LogP contribution in [0.3, 0.4) is 0 Å². The Morgan fingerprint density at radius 3 is 3.00 bits per heavy atom. The van der Waals surface area contributed by atoms with Crippen molar-refractivity contribution in [3.8, 4) is 0 Å². The number of hydrazine groups is 1. The van der Waals surface area contributed by atoms with Crippen LogP contribution < -0.4 is 11.3 Å². The summed E-state index contributed by atoms with van der Waals surface area (Å²) in [5.41, 5.74) is 4.25. The van der Waals surface area contributed by atoms with Crippen LogP contribution in [0.25, 0.3) is 11.0 Å². The van der Waals surface area contributed by atoms with Gasteiger partial charge in [-0.3, -0.25) is 5.84 Å². The summed E-state index contributed by atoms with van der Waals surface area (Å²) in [6.45, 7) is 0. The lowest BCUT2D eigenvalue weighted by Crippen LogP contribution is -2.05. The fraction of sp³-hybridized carbons (Fsp3) is 0. The predicted molar refractivity (Wildman–Crippen MR) is 44.0 cm³/mol. The maximum atomic E-state index is 5.22. The highest BCUT2D eigenvalue weighted by molar-refractivity contribution is 5.80. The maximum absolute atomic E-state index is 5.22. The summed E-state index contributed by atoms with van der Waals surface area (Å²) >= 11 is 0. The van der Waals surface area contributed by atoms with E-state index in [9.17, 15) is 0 Å². The minimum Gasteiger partial charge on any atom is -0.464 e. The highest BCUT2D eigenvalue weighted by atomic mass is 16.3. The van der Waals surface area contributed by atoms with E-state index in [-0.39, 0.29) is 0 Å². The Labute approximate surface area is 63.8 Å². The molecule has 56 valence electrons. The molecule has 3 nitrogen and oxygen atoms in total. The Kier molecular flexibility index (Phi) is 1.30. The molecule has 1 aromatic carbocycles. The molecule has 3 N–H and O–H groups in total. The van der Waals surface area contributed by atoms with Gasteiger partial charge in [0.15, 0.2) is 0 Å². The average molecular weight is 148 g/mol. The van der Waals surface area contributed by atoms with Crippen molar-refractivity contribution < 1.29 is 4.42 Å². The number of nitrogen functional groups attached to an aromatic ring is 1. The van der Waals surface area contributed by atoms with Gasteiger partial charge in [0.05, 0.1) is 12.0 Å². The van der Waals surface area contributed by atoms with E-state index in [1.165, 1.54) is 0 Å². The highest BCUT2D eigenvalue weighted by Crippen LogP contribution is 2.18. The van der Waals surface area contributed by atoms with E-state index in [0.29, 0.717) is 0 Å². The molecule has 0 saturated carbocycles. The molecule has 0 bridgehead atoms. The third-order valence-electron chi connectivity index (χ3n) is 1.62. The number of hydrogen-bond donors (Lipinski definition) is 2. The largest absolute Gasteiger partial charge is 0.464 e. The van der Waals surface area contributed by atoms with Crippen LogP contribution >= 0.6 is 0 Å². The normalized spacial score (nSPS) is 10.3. The molecule has 0 aliphatic carbocycles. The minimum absolute atomic E-state index is 0.848. The molecule has 11 heavy (non-hydrogen) atoms. The highest BCUT2D eigenvalue weighted by Gasteiger charge is 1.95. The van der Waals surface area contributed by atoms with E-state index < -0.39 is 0 Å². The summed E-state index contributed by atoms with van der Waals surface area (Å²) in [4.78, 5) is 0. The van der Waals surface area contributed by atoms with E-state index in [0.717, 1.165) is 16.7 Å². The number of anilines is 1. The summed E-state index contributed by atoms with van der Waals surface area (Å²) < 4.78 is 5.16. The lowest BCUT2D eigenvalue weighted by molar-refractivity contribution is 0.616. The summed E-state index contributed by atoms with van der Waals surface area (Å²) in [5, 5.41) is 1.09. The second kappa shape index (κ2) is 2.29. The van der Waals surface area contributed by atoms with Crippen LogP contribution in [0, 0.1) is 0 Å². The van der Waals surface area contributed by atoms with Gasteiger partial charge in [0.1, 0.15) is 5.58 Å². The number of rotatable bonds is 1. The van der Waals surface area contributed by atoms with E-state index in [4.69, 9.17) is 10.3 Å². The molecule has 0 amide bonds. The zero-order valence-corrected chi connectivity index (χ0v) is 5.87. The Bertz CT molecular complexity index is 367. The lowest BCUT2D eigenvalue weighted by Gasteiger charge is -1.96. The Morgan fingerprint density at radius 2 is 2.18 bits per heavy atom. The Balaban J connectivity index is 2.67. The Morgan fingerprint density at radius 1 is 1.27 bits per heavy atom. The van der Waals surface area contributed by atoms with Gasteiger partial charge < -0.3 is 9.84 Å². The summed E-state index contributed by atoms with van der Waals surface area (Å²) in [6, 6.07) is 7.62. The fourth-order valence-corrected chi connectivity index (χ4v) is 1.04. The smallest absolute Gasteiger partial charge is 0.135 e. The van der Waals surface area contributed by atoms with Crippen molar-refractivity contribution in [2.45, 2.75) is 0 Å². The first-order valence-corrected chi connectivity index (χ1v) is 3.34. The number of nitrogens with two attached hydrogens (primary N) is 1. The molecule has 0 spiro atoms. The molecule has 2 rings (SSSR count). The van der Waals surface area contributed by atoms with Crippen LogP contribution in [0.5, 0.6) is 0 Å². The minimum atomic E-state index is 0.848. The molecule has 0 atom stereocenters. The van der Waals surface area contributed by atoms with Gasteiger partial charge in [-0.1, -0.05) is 0 Å². The molecule has 0 saturated heterocycles. The average Bonchev–Trinajstić information content (AvgIpc) is 2.50. The molecule has 0 aliphatic rings. The van der Waals surface area contributed by atoms with Crippen LogP contribution in [0.15, 0.2) is 34.9 Å². The summed E-state index contributed by atoms with van der Waals surface area (Å²) in [5.74, 6) is 5.22. The van der Waals surface area contributed by atoms with Crippen molar-refractivity contribution >= 4 is 16.7 Å². The van der Waals surface area contributed by atoms with Crippen LogP contribution in [0.4, 0.5) is 5.69 Å². The van der Waals surface area contributed by atoms with Crippen molar-refractivity contribution in [2.75, 3.05) is 5.43 Å². The van der Waals surface area contributed by atoms with Crippen LogP contribution in [0.2, 0.25) is 0 Å². The van der Waals surface area contributed by atoms with Gasteiger partial charge in [-0.2, -0.15) is 0 Å². The van der Waals surface area contributed by atoms with Crippen LogP contribution in [-0.4, -0.2) is 0 Å². The van der Waals surface area contributed by atoms with Gasteiger partial charge in [-0.15, -0.1) is 0 Å². The van der Waals surface area contributed by atoms with E-state index in [2.05, 4.69) is 5.43 Å². The van der Waals surface area contributed by atoms with Gasteiger partial charge in [0.25, 0.3) is 0 Å². The number of fused-ring (bicyclic) bond motifs is 1. The van der Waals surface area contributed by atoms with Crippen LogP contribution in [-0.2, 0) is 0 Å². The zero-order chi connectivity index (χ0) is 7.68. The van der Waals surface area contributed by atoms with Gasteiger partial charge in [-0.25, -0.2) is 0 Å². The van der Waals surface area contributed by atoms with Crippen LogP contribution in [0.1, 0.15) is 0 Å². The molecule has 2 aromatic rings. The van der Waals surface area contributed by atoms with Crippen molar-refractivity contribution in [3.63, 3.8) is 0 Å². The standard InChI is InChI=1S/C8H8N2O/c9-10-7-2-1-6-3-4-11-8(6)5-7/h1-5,10H,9H2. The first-order valence-electron chi connectivity index (χ1n) is 3.34. The van der Waals surface area contributed by atoms with Crippen molar-refractivity contribution in [2.24, 2.45) is 5.84 Å². The molecule has 3 heteroatoms. The van der Waals surface area contributed by atoms with E-state index >= 15 is 0 Å². The van der Waals surface area contributed by atoms with Crippen molar-refractivity contribution in [1.29, 1.82) is 0 Å². The fourth-order valence-electron chi connectivity index (χ4n) is 1.04. The number of furan rings is 1. The summed E-state index contributed by atoms with van der Waals surface area (Å²) in [7, 11) is 0.